The minimum atomic E-state index is -0.143. The van der Waals surface area contributed by atoms with Gasteiger partial charge >= 0.3 is 0 Å². The molecule has 0 N–H and O–H groups in total. The standard InChI is InChI=1S/C17H23BrFN/c18-15-10-14(11-16(19)12-15)13-20-8-6-17(7-9-20)4-2-1-3-5-17/h10-12H,1-9,13H2. The summed E-state index contributed by atoms with van der Waals surface area (Å²) in [6, 6.07) is 5.22. The lowest BCUT2D eigenvalue weighted by Crippen LogP contribution is -2.40. The van der Waals surface area contributed by atoms with Crippen molar-refractivity contribution in [2.75, 3.05) is 13.1 Å². The second kappa shape index (κ2) is 6.15. The third-order valence-electron chi connectivity index (χ3n) is 5.16. The van der Waals surface area contributed by atoms with E-state index in [0.717, 1.165) is 16.6 Å². The zero-order valence-electron chi connectivity index (χ0n) is 12.0. The van der Waals surface area contributed by atoms with E-state index >= 15 is 0 Å². The van der Waals surface area contributed by atoms with Gasteiger partial charge in [-0.05, 0) is 68.0 Å². The van der Waals surface area contributed by atoms with Crippen LogP contribution in [0.4, 0.5) is 4.39 Å². The van der Waals surface area contributed by atoms with Gasteiger partial charge in [0.05, 0.1) is 0 Å². The van der Waals surface area contributed by atoms with Gasteiger partial charge in [0.25, 0.3) is 0 Å². The van der Waals surface area contributed by atoms with Crippen LogP contribution < -0.4 is 0 Å². The molecule has 0 bridgehead atoms. The van der Waals surface area contributed by atoms with E-state index in [2.05, 4.69) is 20.8 Å². The van der Waals surface area contributed by atoms with E-state index in [1.807, 2.05) is 6.07 Å². The zero-order valence-corrected chi connectivity index (χ0v) is 13.6. The minimum absolute atomic E-state index is 0.143. The van der Waals surface area contributed by atoms with Crippen molar-refractivity contribution in [1.82, 2.24) is 4.90 Å². The first kappa shape index (κ1) is 14.5. The number of hydrogen-bond acceptors (Lipinski definition) is 1. The molecule has 0 unspecified atom stereocenters. The van der Waals surface area contributed by atoms with Crippen LogP contribution in [0, 0.1) is 11.2 Å². The fraction of sp³-hybridized carbons (Fsp3) is 0.647. The number of rotatable bonds is 2. The summed E-state index contributed by atoms with van der Waals surface area (Å²) >= 11 is 3.38. The lowest BCUT2D eigenvalue weighted by Gasteiger charge is -2.44. The minimum Gasteiger partial charge on any atom is -0.299 e. The maximum absolute atomic E-state index is 13.4. The molecule has 0 aromatic heterocycles. The molecule has 0 atom stereocenters. The predicted molar refractivity (Wildman–Crippen MR) is 84.1 cm³/mol. The number of nitrogens with zero attached hydrogens (tertiary/aromatic N) is 1. The monoisotopic (exact) mass is 339 g/mol. The summed E-state index contributed by atoms with van der Waals surface area (Å²) in [4.78, 5) is 2.49. The van der Waals surface area contributed by atoms with Crippen molar-refractivity contribution in [2.45, 2.75) is 51.5 Å². The van der Waals surface area contributed by atoms with Crippen molar-refractivity contribution in [3.8, 4) is 0 Å². The molecule has 2 fully saturated rings. The van der Waals surface area contributed by atoms with Crippen molar-refractivity contribution in [3.05, 3.63) is 34.1 Å². The van der Waals surface area contributed by atoms with Gasteiger partial charge < -0.3 is 0 Å². The third kappa shape index (κ3) is 3.43. The van der Waals surface area contributed by atoms with Crippen LogP contribution in [-0.4, -0.2) is 18.0 Å². The summed E-state index contributed by atoms with van der Waals surface area (Å²) in [5.41, 5.74) is 1.73. The first-order chi connectivity index (χ1) is 9.65. The Balaban J connectivity index is 1.58. The van der Waals surface area contributed by atoms with Crippen LogP contribution in [0.1, 0.15) is 50.5 Å². The lowest BCUT2D eigenvalue weighted by atomic mass is 9.68. The lowest BCUT2D eigenvalue weighted by molar-refractivity contribution is 0.0641. The highest BCUT2D eigenvalue weighted by atomic mass is 79.9. The Kier molecular flexibility index (Phi) is 4.46. The molecule has 3 rings (SSSR count). The molecule has 110 valence electrons. The van der Waals surface area contributed by atoms with Gasteiger partial charge in [-0.2, -0.15) is 0 Å². The summed E-state index contributed by atoms with van der Waals surface area (Å²) in [5, 5.41) is 0. The summed E-state index contributed by atoms with van der Waals surface area (Å²) in [6.45, 7) is 3.23. The largest absolute Gasteiger partial charge is 0.299 e. The molecule has 1 spiro atoms. The molecular weight excluding hydrogens is 317 g/mol. The van der Waals surface area contributed by atoms with E-state index in [-0.39, 0.29) is 5.82 Å². The van der Waals surface area contributed by atoms with Gasteiger partial charge in [0.2, 0.25) is 0 Å². The molecule has 1 aliphatic carbocycles. The maximum Gasteiger partial charge on any atom is 0.124 e. The van der Waals surface area contributed by atoms with E-state index < -0.39 is 0 Å². The molecule has 2 aliphatic rings. The zero-order chi connectivity index (χ0) is 14.0. The van der Waals surface area contributed by atoms with Crippen molar-refractivity contribution >= 4 is 15.9 Å². The Morgan fingerprint density at radius 2 is 1.70 bits per heavy atom. The molecule has 1 aromatic carbocycles. The quantitative estimate of drug-likeness (QED) is 0.721. The highest BCUT2D eigenvalue weighted by molar-refractivity contribution is 9.10. The second-order valence-electron chi connectivity index (χ2n) is 6.61. The molecule has 1 saturated heterocycles. The average molecular weight is 340 g/mol. The molecular formula is C17H23BrFN. The molecule has 1 nitrogen and oxygen atoms in total. The first-order valence-electron chi connectivity index (χ1n) is 7.83. The Labute approximate surface area is 129 Å². The topological polar surface area (TPSA) is 3.24 Å². The van der Waals surface area contributed by atoms with Crippen molar-refractivity contribution in [2.24, 2.45) is 5.41 Å². The van der Waals surface area contributed by atoms with Gasteiger partial charge in [0, 0.05) is 11.0 Å². The fourth-order valence-electron chi connectivity index (χ4n) is 3.95. The van der Waals surface area contributed by atoms with E-state index in [0.29, 0.717) is 5.41 Å². The molecule has 3 heteroatoms. The number of halogens is 2. The second-order valence-corrected chi connectivity index (χ2v) is 7.53. The Bertz CT molecular complexity index is 438. The van der Waals surface area contributed by atoms with E-state index in [4.69, 9.17) is 0 Å². The maximum atomic E-state index is 13.4. The van der Waals surface area contributed by atoms with Crippen molar-refractivity contribution in [3.63, 3.8) is 0 Å². The van der Waals surface area contributed by atoms with Crippen LogP contribution in [0.2, 0.25) is 0 Å². The summed E-state index contributed by atoms with van der Waals surface area (Å²) in [6.07, 6.45) is 9.84. The molecule has 0 amide bonds. The summed E-state index contributed by atoms with van der Waals surface area (Å²) in [5.74, 6) is -0.143. The molecule has 1 heterocycles. The molecule has 1 aromatic rings. The van der Waals surface area contributed by atoms with Crippen LogP contribution in [0.5, 0.6) is 0 Å². The number of hydrogen-bond donors (Lipinski definition) is 0. The molecule has 1 aliphatic heterocycles. The van der Waals surface area contributed by atoms with Crippen LogP contribution >= 0.6 is 15.9 Å². The predicted octanol–water partition coefficient (Wildman–Crippen LogP) is 5.13. The van der Waals surface area contributed by atoms with Crippen LogP contribution in [-0.2, 0) is 6.54 Å². The van der Waals surface area contributed by atoms with Crippen LogP contribution in [0.25, 0.3) is 0 Å². The van der Waals surface area contributed by atoms with E-state index in [9.17, 15) is 4.39 Å². The molecule has 0 radical (unpaired) electrons. The first-order valence-corrected chi connectivity index (χ1v) is 8.62. The Morgan fingerprint density at radius 1 is 1.00 bits per heavy atom. The van der Waals surface area contributed by atoms with Crippen molar-refractivity contribution in [1.29, 1.82) is 0 Å². The fourth-order valence-corrected chi connectivity index (χ4v) is 4.46. The van der Waals surface area contributed by atoms with Gasteiger partial charge in [-0.3, -0.25) is 4.90 Å². The number of piperidine rings is 1. The average Bonchev–Trinajstić information content (AvgIpc) is 2.42. The Morgan fingerprint density at radius 3 is 2.35 bits per heavy atom. The van der Waals surface area contributed by atoms with Gasteiger partial charge in [-0.1, -0.05) is 35.2 Å². The van der Waals surface area contributed by atoms with E-state index in [1.165, 1.54) is 64.1 Å². The highest BCUT2D eigenvalue weighted by Gasteiger charge is 2.35. The van der Waals surface area contributed by atoms with Gasteiger partial charge in [-0.25, -0.2) is 4.39 Å². The third-order valence-corrected chi connectivity index (χ3v) is 5.62. The van der Waals surface area contributed by atoms with Crippen molar-refractivity contribution < 1.29 is 4.39 Å². The van der Waals surface area contributed by atoms with Gasteiger partial charge in [-0.15, -0.1) is 0 Å². The molecule has 20 heavy (non-hydrogen) atoms. The molecule has 1 saturated carbocycles. The highest BCUT2D eigenvalue weighted by Crippen LogP contribution is 2.44. The SMILES string of the molecule is Fc1cc(Br)cc(CN2CCC3(CCCCC3)CC2)c1. The van der Waals surface area contributed by atoms with Crippen LogP contribution in [0.15, 0.2) is 22.7 Å². The number of likely N-dealkylation sites (tertiary alicyclic amines) is 1. The van der Waals surface area contributed by atoms with Gasteiger partial charge in [0.15, 0.2) is 0 Å². The summed E-state index contributed by atoms with van der Waals surface area (Å²) < 4.78 is 14.3. The Hall–Kier alpha value is -0.410. The number of benzene rings is 1. The van der Waals surface area contributed by atoms with E-state index in [1.54, 1.807) is 6.07 Å². The van der Waals surface area contributed by atoms with Gasteiger partial charge in [0.1, 0.15) is 5.82 Å². The van der Waals surface area contributed by atoms with Crippen LogP contribution in [0.3, 0.4) is 0 Å². The normalized spacial score (nSPS) is 23.1. The summed E-state index contributed by atoms with van der Waals surface area (Å²) in [7, 11) is 0. The smallest absolute Gasteiger partial charge is 0.124 e.